The fourth-order valence-electron chi connectivity index (χ4n) is 1.82. The Labute approximate surface area is 90.6 Å². The Morgan fingerprint density at radius 1 is 1.00 bits per heavy atom. The van der Waals surface area contributed by atoms with Crippen molar-refractivity contribution in [2.24, 2.45) is 23.7 Å². The number of esters is 1. The summed E-state index contributed by atoms with van der Waals surface area (Å²) in [6.45, 7) is 7.27. The summed E-state index contributed by atoms with van der Waals surface area (Å²) in [4.78, 5) is 22.6. The van der Waals surface area contributed by atoms with Gasteiger partial charge in [-0.05, 0) is 11.8 Å². The molecule has 4 heteroatoms. The number of carbonyl (C=O) groups excluding carboxylic acids is 1. The summed E-state index contributed by atoms with van der Waals surface area (Å²) in [5.74, 6) is -2.76. The predicted molar refractivity (Wildman–Crippen MR) is 56.3 cm³/mol. The highest BCUT2D eigenvalue weighted by Crippen LogP contribution is 2.28. The summed E-state index contributed by atoms with van der Waals surface area (Å²) in [7, 11) is 1.29. The van der Waals surface area contributed by atoms with E-state index in [9.17, 15) is 9.59 Å². The summed E-state index contributed by atoms with van der Waals surface area (Å²) >= 11 is 0. The lowest BCUT2D eigenvalue weighted by atomic mass is 9.77. The fraction of sp³-hybridized carbons (Fsp3) is 0.818. The molecule has 0 aromatic carbocycles. The lowest BCUT2D eigenvalue weighted by molar-refractivity contribution is -0.159. The Morgan fingerprint density at radius 3 is 1.60 bits per heavy atom. The van der Waals surface area contributed by atoms with Crippen LogP contribution in [-0.4, -0.2) is 24.2 Å². The Bertz CT molecular complexity index is 233. The van der Waals surface area contributed by atoms with Gasteiger partial charge in [0.25, 0.3) is 0 Å². The summed E-state index contributed by atoms with van der Waals surface area (Å²) in [6.07, 6.45) is 0. The molecule has 2 atom stereocenters. The van der Waals surface area contributed by atoms with Gasteiger partial charge in [0.1, 0.15) is 0 Å². The number of rotatable bonds is 5. The van der Waals surface area contributed by atoms with Crippen molar-refractivity contribution in [3.8, 4) is 0 Å². The molecule has 0 bridgehead atoms. The van der Waals surface area contributed by atoms with Gasteiger partial charge in [-0.1, -0.05) is 27.7 Å². The maximum Gasteiger partial charge on any atom is 0.309 e. The number of carboxylic acid groups (broad SMARTS) is 1. The molecule has 4 nitrogen and oxygen atoms in total. The first-order chi connectivity index (χ1) is 6.82. The number of carboxylic acids is 1. The molecule has 0 unspecified atom stereocenters. The Hall–Kier alpha value is -1.06. The first-order valence-electron chi connectivity index (χ1n) is 5.13. The number of methoxy groups -OCH3 is 1. The van der Waals surface area contributed by atoms with E-state index in [-0.39, 0.29) is 11.8 Å². The van der Waals surface area contributed by atoms with Crippen molar-refractivity contribution < 1.29 is 19.4 Å². The third kappa shape index (κ3) is 3.53. The molecule has 0 heterocycles. The van der Waals surface area contributed by atoms with Crippen molar-refractivity contribution in [1.29, 1.82) is 0 Å². The summed E-state index contributed by atoms with van der Waals surface area (Å²) in [5.41, 5.74) is 0. The highest BCUT2D eigenvalue weighted by atomic mass is 16.5. The van der Waals surface area contributed by atoms with E-state index < -0.39 is 23.8 Å². The van der Waals surface area contributed by atoms with Crippen molar-refractivity contribution in [1.82, 2.24) is 0 Å². The minimum absolute atomic E-state index is 0.0408. The van der Waals surface area contributed by atoms with Crippen LogP contribution in [0.15, 0.2) is 0 Å². The van der Waals surface area contributed by atoms with Gasteiger partial charge in [0, 0.05) is 0 Å². The second kappa shape index (κ2) is 5.73. The second-order valence-corrected chi connectivity index (χ2v) is 4.40. The van der Waals surface area contributed by atoms with Gasteiger partial charge in [-0.15, -0.1) is 0 Å². The van der Waals surface area contributed by atoms with E-state index in [0.29, 0.717) is 0 Å². The Morgan fingerprint density at radius 2 is 1.40 bits per heavy atom. The van der Waals surface area contributed by atoms with Crippen LogP contribution in [0.2, 0.25) is 0 Å². The van der Waals surface area contributed by atoms with Crippen LogP contribution in [0.4, 0.5) is 0 Å². The zero-order chi connectivity index (χ0) is 12.2. The lowest BCUT2D eigenvalue weighted by Crippen LogP contribution is -2.37. The maximum absolute atomic E-state index is 11.5. The lowest BCUT2D eigenvalue weighted by Gasteiger charge is -2.27. The van der Waals surface area contributed by atoms with Gasteiger partial charge in [0.15, 0.2) is 0 Å². The molecule has 1 N–H and O–H groups in total. The highest BCUT2D eigenvalue weighted by Gasteiger charge is 2.38. The average Bonchev–Trinajstić information content (AvgIpc) is 2.10. The van der Waals surface area contributed by atoms with Crippen molar-refractivity contribution in [3.63, 3.8) is 0 Å². The predicted octanol–water partition coefficient (Wildman–Crippen LogP) is 1.79. The molecule has 88 valence electrons. The normalized spacial score (nSPS) is 15.1. The smallest absolute Gasteiger partial charge is 0.309 e. The van der Waals surface area contributed by atoms with E-state index in [0.717, 1.165) is 0 Å². The largest absolute Gasteiger partial charge is 0.481 e. The molecular weight excluding hydrogens is 196 g/mol. The van der Waals surface area contributed by atoms with E-state index in [4.69, 9.17) is 5.11 Å². The number of hydrogen-bond acceptors (Lipinski definition) is 3. The number of ether oxygens (including phenoxy) is 1. The van der Waals surface area contributed by atoms with Gasteiger partial charge in [0.05, 0.1) is 18.9 Å². The van der Waals surface area contributed by atoms with Gasteiger partial charge >= 0.3 is 11.9 Å². The third-order valence-corrected chi connectivity index (χ3v) is 2.58. The topological polar surface area (TPSA) is 63.6 Å². The van der Waals surface area contributed by atoms with E-state index in [1.807, 2.05) is 13.8 Å². The molecule has 0 saturated heterocycles. The zero-order valence-electron chi connectivity index (χ0n) is 9.98. The van der Waals surface area contributed by atoms with E-state index in [1.165, 1.54) is 7.11 Å². The monoisotopic (exact) mass is 216 g/mol. The third-order valence-electron chi connectivity index (χ3n) is 2.58. The minimum atomic E-state index is -0.936. The van der Waals surface area contributed by atoms with Crippen LogP contribution >= 0.6 is 0 Å². The van der Waals surface area contributed by atoms with Gasteiger partial charge in [-0.3, -0.25) is 9.59 Å². The van der Waals surface area contributed by atoms with Crippen LogP contribution in [0.3, 0.4) is 0 Å². The molecule has 0 fully saturated rings. The number of hydrogen-bond donors (Lipinski definition) is 1. The fourth-order valence-corrected chi connectivity index (χ4v) is 1.82. The average molecular weight is 216 g/mol. The standard InChI is InChI=1S/C11H20O4/c1-6(2)8(10(12)13)9(7(3)4)11(14)15-5/h6-9H,1-5H3,(H,12,13)/t8-,9+/m0/s1. The van der Waals surface area contributed by atoms with Crippen LogP contribution < -0.4 is 0 Å². The maximum atomic E-state index is 11.5. The SMILES string of the molecule is COC(=O)[C@H](C(C)C)[C@@H](C(=O)O)C(C)C. The van der Waals surface area contributed by atoms with Crippen molar-refractivity contribution in [2.45, 2.75) is 27.7 Å². The molecule has 15 heavy (non-hydrogen) atoms. The molecule has 0 spiro atoms. The highest BCUT2D eigenvalue weighted by molar-refractivity contribution is 5.81. The molecule has 0 radical (unpaired) electrons. The minimum Gasteiger partial charge on any atom is -0.481 e. The van der Waals surface area contributed by atoms with Gasteiger partial charge in [-0.25, -0.2) is 0 Å². The number of carbonyl (C=O) groups is 2. The quantitative estimate of drug-likeness (QED) is 0.711. The first kappa shape index (κ1) is 13.9. The van der Waals surface area contributed by atoms with Crippen LogP contribution in [0, 0.1) is 23.7 Å². The van der Waals surface area contributed by atoms with E-state index >= 15 is 0 Å². The van der Waals surface area contributed by atoms with E-state index in [2.05, 4.69) is 4.74 Å². The molecule has 0 saturated carbocycles. The van der Waals surface area contributed by atoms with Crippen molar-refractivity contribution in [3.05, 3.63) is 0 Å². The first-order valence-corrected chi connectivity index (χ1v) is 5.13. The molecular formula is C11H20O4. The molecule has 0 aliphatic rings. The van der Waals surface area contributed by atoms with Gasteiger partial charge in [0.2, 0.25) is 0 Å². The zero-order valence-corrected chi connectivity index (χ0v) is 9.98. The summed E-state index contributed by atoms with van der Waals surface area (Å²) < 4.78 is 4.65. The summed E-state index contributed by atoms with van der Waals surface area (Å²) in [6, 6.07) is 0. The molecule has 0 aliphatic carbocycles. The molecule has 0 rings (SSSR count). The van der Waals surface area contributed by atoms with Crippen molar-refractivity contribution in [2.75, 3.05) is 7.11 Å². The molecule has 0 aromatic rings. The van der Waals surface area contributed by atoms with Crippen LogP contribution in [0.1, 0.15) is 27.7 Å². The number of aliphatic carboxylic acids is 1. The van der Waals surface area contributed by atoms with Crippen molar-refractivity contribution >= 4 is 11.9 Å². The van der Waals surface area contributed by atoms with E-state index in [1.54, 1.807) is 13.8 Å². The Kier molecular flexibility index (Phi) is 5.33. The second-order valence-electron chi connectivity index (χ2n) is 4.40. The van der Waals surface area contributed by atoms with Crippen LogP contribution in [0.5, 0.6) is 0 Å². The van der Waals surface area contributed by atoms with Crippen LogP contribution in [-0.2, 0) is 14.3 Å². The molecule has 0 amide bonds. The molecule has 0 aliphatic heterocycles. The van der Waals surface area contributed by atoms with Gasteiger partial charge < -0.3 is 9.84 Å². The van der Waals surface area contributed by atoms with Gasteiger partial charge in [-0.2, -0.15) is 0 Å². The van der Waals surface area contributed by atoms with Crippen LogP contribution in [0.25, 0.3) is 0 Å². The summed E-state index contributed by atoms with van der Waals surface area (Å²) in [5, 5.41) is 9.10. The molecule has 0 aromatic heterocycles. The Balaban J connectivity index is 5.01.